The Morgan fingerprint density at radius 3 is 2.61 bits per heavy atom. The maximum absolute atomic E-state index is 5.60. The Bertz CT molecular complexity index is 436. The number of nitrogens with zero attached hydrogens (tertiary/aromatic N) is 2. The van der Waals surface area contributed by atoms with Gasteiger partial charge < -0.3 is 5.43 Å². The van der Waals surface area contributed by atoms with Crippen molar-refractivity contribution in [3.63, 3.8) is 0 Å². The summed E-state index contributed by atoms with van der Waals surface area (Å²) in [7, 11) is 0. The van der Waals surface area contributed by atoms with Crippen molar-refractivity contribution in [2.24, 2.45) is 11.8 Å². The standard InChI is InChI=1S/C14H22N4/c1-9-5-7-10(8-6-9)13-16-12-4-2-3-11(12)14(17-13)18-15/h9-10H,2-8,15H2,1H3,(H,16,17,18). The first-order valence-electron chi connectivity index (χ1n) is 7.14. The first-order chi connectivity index (χ1) is 8.78. The van der Waals surface area contributed by atoms with Crippen molar-refractivity contribution in [2.45, 2.75) is 57.8 Å². The van der Waals surface area contributed by atoms with Gasteiger partial charge in [-0.25, -0.2) is 15.8 Å². The molecule has 3 N–H and O–H groups in total. The lowest BCUT2D eigenvalue weighted by Gasteiger charge is -2.25. The number of aryl methyl sites for hydroxylation is 1. The van der Waals surface area contributed by atoms with Gasteiger partial charge in [0.1, 0.15) is 11.6 Å². The van der Waals surface area contributed by atoms with E-state index in [-0.39, 0.29) is 0 Å². The minimum Gasteiger partial charge on any atom is -0.308 e. The molecule has 1 fully saturated rings. The molecule has 3 rings (SSSR count). The second-order valence-corrected chi connectivity index (χ2v) is 5.81. The van der Waals surface area contributed by atoms with Gasteiger partial charge in [-0.1, -0.05) is 19.8 Å². The fourth-order valence-corrected chi connectivity index (χ4v) is 3.27. The van der Waals surface area contributed by atoms with E-state index in [9.17, 15) is 0 Å². The Kier molecular flexibility index (Phi) is 3.20. The van der Waals surface area contributed by atoms with E-state index in [1.807, 2.05) is 0 Å². The van der Waals surface area contributed by atoms with Gasteiger partial charge in [0.25, 0.3) is 0 Å². The third-order valence-electron chi connectivity index (χ3n) is 4.47. The van der Waals surface area contributed by atoms with E-state index in [0.717, 1.165) is 30.4 Å². The lowest BCUT2D eigenvalue weighted by Crippen LogP contribution is -2.18. The molecule has 0 spiro atoms. The predicted molar refractivity (Wildman–Crippen MR) is 72.2 cm³/mol. The molecule has 2 aliphatic carbocycles. The monoisotopic (exact) mass is 246 g/mol. The molecule has 0 saturated heterocycles. The van der Waals surface area contributed by atoms with Gasteiger partial charge in [-0.05, 0) is 38.0 Å². The second kappa shape index (κ2) is 4.84. The van der Waals surface area contributed by atoms with Gasteiger partial charge in [-0.15, -0.1) is 0 Å². The van der Waals surface area contributed by atoms with Crippen LogP contribution in [-0.4, -0.2) is 9.97 Å². The number of nitrogen functional groups attached to an aromatic ring is 1. The summed E-state index contributed by atoms with van der Waals surface area (Å²) >= 11 is 0. The van der Waals surface area contributed by atoms with E-state index in [4.69, 9.17) is 10.8 Å². The number of nitrogens with one attached hydrogen (secondary N) is 1. The smallest absolute Gasteiger partial charge is 0.147 e. The highest BCUT2D eigenvalue weighted by atomic mass is 15.3. The van der Waals surface area contributed by atoms with E-state index >= 15 is 0 Å². The molecule has 1 saturated carbocycles. The molecule has 4 nitrogen and oxygen atoms in total. The Hall–Kier alpha value is -1.16. The zero-order chi connectivity index (χ0) is 12.5. The quantitative estimate of drug-likeness (QED) is 0.622. The molecule has 18 heavy (non-hydrogen) atoms. The average molecular weight is 246 g/mol. The minimum absolute atomic E-state index is 0.541. The number of aromatic nitrogens is 2. The number of hydrazine groups is 1. The summed E-state index contributed by atoms with van der Waals surface area (Å²) in [5, 5.41) is 0. The molecule has 4 heteroatoms. The number of fused-ring (bicyclic) bond motifs is 1. The second-order valence-electron chi connectivity index (χ2n) is 5.81. The van der Waals surface area contributed by atoms with Crippen LogP contribution in [0.4, 0.5) is 5.82 Å². The van der Waals surface area contributed by atoms with Crippen LogP contribution in [0.1, 0.15) is 62.0 Å². The zero-order valence-electron chi connectivity index (χ0n) is 11.1. The topological polar surface area (TPSA) is 63.8 Å². The van der Waals surface area contributed by atoms with E-state index in [0.29, 0.717) is 5.92 Å². The van der Waals surface area contributed by atoms with Crippen LogP contribution in [-0.2, 0) is 12.8 Å². The van der Waals surface area contributed by atoms with Crippen LogP contribution in [0.3, 0.4) is 0 Å². The van der Waals surface area contributed by atoms with Gasteiger partial charge in [-0.3, -0.25) is 0 Å². The highest BCUT2D eigenvalue weighted by Gasteiger charge is 2.25. The molecule has 98 valence electrons. The highest BCUT2D eigenvalue weighted by Crippen LogP contribution is 2.36. The van der Waals surface area contributed by atoms with Crippen LogP contribution in [0.5, 0.6) is 0 Å². The van der Waals surface area contributed by atoms with Crippen LogP contribution < -0.4 is 11.3 Å². The normalized spacial score (nSPS) is 27.0. The SMILES string of the molecule is CC1CCC(c2nc3c(c(NN)n2)CCC3)CC1. The van der Waals surface area contributed by atoms with Gasteiger partial charge >= 0.3 is 0 Å². The molecule has 0 unspecified atom stereocenters. The first-order valence-corrected chi connectivity index (χ1v) is 7.14. The molecule has 0 aliphatic heterocycles. The number of nitrogens with two attached hydrogens (primary N) is 1. The van der Waals surface area contributed by atoms with Crippen LogP contribution >= 0.6 is 0 Å². The molecule has 1 aromatic rings. The lowest BCUT2D eigenvalue weighted by atomic mass is 9.82. The molecular formula is C14H22N4. The van der Waals surface area contributed by atoms with Crippen LogP contribution in [0.15, 0.2) is 0 Å². The largest absolute Gasteiger partial charge is 0.308 e. The summed E-state index contributed by atoms with van der Waals surface area (Å²) in [6.45, 7) is 2.34. The van der Waals surface area contributed by atoms with E-state index in [1.54, 1.807) is 0 Å². The number of hydrogen-bond donors (Lipinski definition) is 2. The predicted octanol–water partition coefficient (Wildman–Crippen LogP) is 2.54. The van der Waals surface area contributed by atoms with Crippen molar-refractivity contribution in [3.05, 3.63) is 17.1 Å². The van der Waals surface area contributed by atoms with Gasteiger partial charge in [0.15, 0.2) is 0 Å². The van der Waals surface area contributed by atoms with Crippen molar-refractivity contribution in [1.29, 1.82) is 0 Å². The lowest BCUT2D eigenvalue weighted by molar-refractivity contribution is 0.339. The summed E-state index contributed by atoms with van der Waals surface area (Å²) in [6.07, 6.45) is 8.39. The molecule has 0 bridgehead atoms. The minimum atomic E-state index is 0.541. The average Bonchev–Trinajstić information content (AvgIpc) is 2.86. The molecule has 0 aromatic carbocycles. The number of hydrogen-bond acceptors (Lipinski definition) is 4. The molecule has 1 aromatic heterocycles. The van der Waals surface area contributed by atoms with E-state index in [1.165, 1.54) is 43.4 Å². The van der Waals surface area contributed by atoms with Crippen LogP contribution in [0.2, 0.25) is 0 Å². The van der Waals surface area contributed by atoms with Crippen molar-refractivity contribution < 1.29 is 0 Å². The van der Waals surface area contributed by atoms with Crippen LogP contribution in [0, 0.1) is 5.92 Å². The fraction of sp³-hybridized carbons (Fsp3) is 0.714. The van der Waals surface area contributed by atoms with Gasteiger partial charge in [0.2, 0.25) is 0 Å². The Morgan fingerprint density at radius 2 is 1.89 bits per heavy atom. The molecular weight excluding hydrogens is 224 g/mol. The van der Waals surface area contributed by atoms with Gasteiger partial charge in [0, 0.05) is 17.2 Å². The van der Waals surface area contributed by atoms with Gasteiger partial charge in [0.05, 0.1) is 0 Å². The molecule has 1 heterocycles. The summed E-state index contributed by atoms with van der Waals surface area (Å²) in [5.41, 5.74) is 5.23. The third kappa shape index (κ3) is 2.09. The maximum Gasteiger partial charge on any atom is 0.147 e. The fourth-order valence-electron chi connectivity index (χ4n) is 3.27. The first kappa shape index (κ1) is 11.9. The number of anilines is 1. The zero-order valence-corrected chi connectivity index (χ0v) is 11.1. The van der Waals surface area contributed by atoms with Crippen molar-refractivity contribution in [1.82, 2.24) is 9.97 Å². The molecule has 2 aliphatic rings. The summed E-state index contributed by atoms with van der Waals surface area (Å²) < 4.78 is 0. The summed E-state index contributed by atoms with van der Waals surface area (Å²) in [6, 6.07) is 0. The summed E-state index contributed by atoms with van der Waals surface area (Å²) in [4.78, 5) is 9.47. The molecule has 0 amide bonds. The van der Waals surface area contributed by atoms with Crippen molar-refractivity contribution in [2.75, 3.05) is 5.43 Å². The van der Waals surface area contributed by atoms with Crippen LogP contribution in [0.25, 0.3) is 0 Å². The Labute approximate surface area is 108 Å². The highest BCUT2D eigenvalue weighted by molar-refractivity contribution is 5.48. The maximum atomic E-state index is 5.60. The van der Waals surface area contributed by atoms with E-state index in [2.05, 4.69) is 17.3 Å². The van der Waals surface area contributed by atoms with Crippen molar-refractivity contribution in [3.8, 4) is 0 Å². The summed E-state index contributed by atoms with van der Waals surface area (Å²) in [5.74, 6) is 8.90. The Morgan fingerprint density at radius 1 is 1.11 bits per heavy atom. The van der Waals surface area contributed by atoms with E-state index < -0.39 is 0 Å². The van der Waals surface area contributed by atoms with Gasteiger partial charge in [-0.2, -0.15) is 0 Å². The molecule has 0 atom stereocenters. The molecule has 0 radical (unpaired) electrons. The van der Waals surface area contributed by atoms with Crippen molar-refractivity contribution >= 4 is 5.82 Å². The Balaban J connectivity index is 1.88. The number of rotatable bonds is 2. The third-order valence-corrected chi connectivity index (χ3v) is 4.47.